The fourth-order valence-corrected chi connectivity index (χ4v) is 1.64. The van der Waals surface area contributed by atoms with E-state index in [-0.39, 0.29) is 12.6 Å². The van der Waals surface area contributed by atoms with E-state index in [0.29, 0.717) is 5.92 Å². The van der Waals surface area contributed by atoms with Gasteiger partial charge in [0.05, 0.1) is 13.2 Å². The van der Waals surface area contributed by atoms with Crippen LogP contribution in [0.5, 0.6) is 0 Å². The average molecular weight is 187 g/mol. The maximum atomic E-state index is 8.96. The zero-order chi connectivity index (χ0) is 9.52. The molecule has 1 aliphatic rings. The maximum Gasteiger partial charge on any atom is 0.0584 e. The zero-order valence-electron chi connectivity index (χ0n) is 8.46. The molecule has 0 aromatic heterocycles. The summed E-state index contributed by atoms with van der Waals surface area (Å²) < 4.78 is 5.38. The summed E-state index contributed by atoms with van der Waals surface area (Å²) in [5, 5.41) is 12.3. The van der Waals surface area contributed by atoms with E-state index in [1.54, 1.807) is 0 Å². The predicted molar refractivity (Wildman–Crippen MR) is 52.7 cm³/mol. The standard InChI is InChI=1S/C10H21NO2/c1-2-10(7-12)11-6-9-4-3-5-13-8-9/h9-12H,2-8H2,1H3/t9?,10-/m1/s1. The summed E-state index contributed by atoms with van der Waals surface area (Å²) in [5.41, 5.74) is 0. The Morgan fingerprint density at radius 1 is 1.62 bits per heavy atom. The third kappa shape index (κ3) is 4.07. The summed E-state index contributed by atoms with van der Waals surface area (Å²) in [6.07, 6.45) is 3.43. The maximum absolute atomic E-state index is 8.96. The van der Waals surface area contributed by atoms with Crippen molar-refractivity contribution < 1.29 is 9.84 Å². The number of aliphatic hydroxyl groups excluding tert-OH is 1. The quantitative estimate of drug-likeness (QED) is 0.668. The third-order valence-corrected chi connectivity index (χ3v) is 2.66. The Bertz CT molecular complexity index is 120. The normalized spacial score (nSPS) is 25.8. The van der Waals surface area contributed by atoms with Crippen molar-refractivity contribution in [1.82, 2.24) is 5.32 Å². The molecule has 0 amide bonds. The fraction of sp³-hybridized carbons (Fsp3) is 1.00. The molecule has 1 rings (SSSR count). The van der Waals surface area contributed by atoms with E-state index in [0.717, 1.165) is 26.2 Å². The lowest BCUT2D eigenvalue weighted by molar-refractivity contribution is 0.0527. The summed E-state index contributed by atoms with van der Waals surface area (Å²) >= 11 is 0. The minimum atomic E-state index is 0.240. The monoisotopic (exact) mass is 187 g/mol. The average Bonchev–Trinajstić information content (AvgIpc) is 2.21. The van der Waals surface area contributed by atoms with Crippen LogP contribution in [-0.4, -0.2) is 37.5 Å². The smallest absolute Gasteiger partial charge is 0.0584 e. The van der Waals surface area contributed by atoms with Crippen LogP contribution in [0.1, 0.15) is 26.2 Å². The molecule has 1 unspecified atom stereocenters. The highest BCUT2D eigenvalue weighted by Gasteiger charge is 2.14. The molecule has 13 heavy (non-hydrogen) atoms. The van der Waals surface area contributed by atoms with Gasteiger partial charge in [-0.25, -0.2) is 0 Å². The van der Waals surface area contributed by atoms with Crippen LogP contribution in [0, 0.1) is 5.92 Å². The van der Waals surface area contributed by atoms with Gasteiger partial charge in [0.2, 0.25) is 0 Å². The van der Waals surface area contributed by atoms with Gasteiger partial charge in [-0.05, 0) is 25.2 Å². The molecule has 0 aliphatic carbocycles. The van der Waals surface area contributed by atoms with Crippen molar-refractivity contribution in [3.63, 3.8) is 0 Å². The molecule has 1 heterocycles. The molecular weight excluding hydrogens is 166 g/mol. The van der Waals surface area contributed by atoms with Crippen molar-refractivity contribution in [3.8, 4) is 0 Å². The molecule has 0 bridgehead atoms. The lowest BCUT2D eigenvalue weighted by Crippen LogP contribution is -2.37. The highest BCUT2D eigenvalue weighted by Crippen LogP contribution is 2.12. The molecule has 1 aliphatic heterocycles. The Morgan fingerprint density at radius 3 is 3.00 bits per heavy atom. The molecule has 3 nitrogen and oxygen atoms in total. The fourth-order valence-electron chi connectivity index (χ4n) is 1.64. The molecule has 0 radical (unpaired) electrons. The van der Waals surface area contributed by atoms with Gasteiger partial charge in [-0.15, -0.1) is 0 Å². The summed E-state index contributed by atoms with van der Waals surface area (Å²) in [6, 6.07) is 0.266. The first kappa shape index (κ1) is 11.0. The molecule has 0 aromatic carbocycles. The summed E-state index contributed by atoms with van der Waals surface area (Å²) in [7, 11) is 0. The molecule has 0 aromatic rings. The van der Waals surface area contributed by atoms with Crippen LogP contribution in [0.3, 0.4) is 0 Å². The molecule has 2 atom stereocenters. The number of hydrogen-bond donors (Lipinski definition) is 2. The van der Waals surface area contributed by atoms with Gasteiger partial charge >= 0.3 is 0 Å². The Morgan fingerprint density at radius 2 is 2.46 bits per heavy atom. The Kier molecular flexibility index (Phi) is 5.35. The van der Waals surface area contributed by atoms with E-state index >= 15 is 0 Å². The van der Waals surface area contributed by atoms with Gasteiger partial charge in [0, 0.05) is 19.2 Å². The first-order chi connectivity index (χ1) is 6.36. The van der Waals surface area contributed by atoms with Crippen molar-refractivity contribution in [2.75, 3.05) is 26.4 Å². The van der Waals surface area contributed by atoms with Crippen molar-refractivity contribution >= 4 is 0 Å². The van der Waals surface area contributed by atoms with Gasteiger partial charge < -0.3 is 15.2 Å². The summed E-state index contributed by atoms with van der Waals surface area (Å²) in [5.74, 6) is 0.648. The van der Waals surface area contributed by atoms with Gasteiger partial charge in [-0.2, -0.15) is 0 Å². The third-order valence-electron chi connectivity index (χ3n) is 2.66. The van der Waals surface area contributed by atoms with E-state index < -0.39 is 0 Å². The number of nitrogens with one attached hydrogen (secondary N) is 1. The number of ether oxygens (including phenoxy) is 1. The number of hydrogen-bond acceptors (Lipinski definition) is 3. The first-order valence-electron chi connectivity index (χ1n) is 5.28. The molecule has 3 heteroatoms. The molecule has 0 saturated carbocycles. The van der Waals surface area contributed by atoms with E-state index in [1.165, 1.54) is 12.8 Å². The van der Waals surface area contributed by atoms with E-state index in [1.807, 2.05) is 0 Å². The molecule has 0 spiro atoms. The number of rotatable bonds is 5. The highest BCUT2D eigenvalue weighted by molar-refractivity contribution is 4.70. The van der Waals surface area contributed by atoms with Gasteiger partial charge in [0.15, 0.2) is 0 Å². The van der Waals surface area contributed by atoms with E-state index in [2.05, 4.69) is 12.2 Å². The SMILES string of the molecule is CC[C@H](CO)NCC1CCCOC1. The van der Waals surface area contributed by atoms with Gasteiger partial charge in [-0.1, -0.05) is 6.92 Å². The zero-order valence-corrected chi connectivity index (χ0v) is 8.46. The van der Waals surface area contributed by atoms with Gasteiger partial charge in [0.1, 0.15) is 0 Å². The van der Waals surface area contributed by atoms with E-state index in [4.69, 9.17) is 9.84 Å². The van der Waals surface area contributed by atoms with Gasteiger partial charge in [0.25, 0.3) is 0 Å². The van der Waals surface area contributed by atoms with Crippen LogP contribution in [0.4, 0.5) is 0 Å². The molecule has 1 fully saturated rings. The van der Waals surface area contributed by atoms with Crippen LogP contribution in [0.15, 0.2) is 0 Å². The van der Waals surface area contributed by atoms with Crippen LogP contribution in [0.2, 0.25) is 0 Å². The minimum absolute atomic E-state index is 0.240. The molecular formula is C10H21NO2. The van der Waals surface area contributed by atoms with Crippen LogP contribution < -0.4 is 5.32 Å². The van der Waals surface area contributed by atoms with Gasteiger partial charge in [-0.3, -0.25) is 0 Å². The summed E-state index contributed by atoms with van der Waals surface area (Å²) in [4.78, 5) is 0. The lowest BCUT2D eigenvalue weighted by atomic mass is 10.0. The topological polar surface area (TPSA) is 41.5 Å². The minimum Gasteiger partial charge on any atom is -0.395 e. The molecule has 1 saturated heterocycles. The Labute approximate surface area is 80.5 Å². The Hall–Kier alpha value is -0.120. The van der Waals surface area contributed by atoms with Crippen LogP contribution in [-0.2, 0) is 4.74 Å². The van der Waals surface area contributed by atoms with Crippen molar-refractivity contribution in [3.05, 3.63) is 0 Å². The summed E-state index contributed by atoms with van der Waals surface area (Å²) in [6.45, 7) is 5.12. The Balaban J connectivity index is 2.09. The second kappa shape index (κ2) is 6.35. The first-order valence-corrected chi connectivity index (χ1v) is 5.28. The second-order valence-corrected chi connectivity index (χ2v) is 3.78. The van der Waals surface area contributed by atoms with Crippen molar-refractivity contribution in [2.24, 2.45) is 5.92 Å². The van der Waals surface area contributed by atoms with Crippen LogP contribution >= 0.6 is 0 Å². The van der Waals surface area contributed by atoms with Crippen molar-refractivity contribution in [2.45, 2.75) is 32.2 Å². The largest absolute Gasteiger partial charge is 0.395 e. The highest BCUT2D eigenvalue weighted by atomic mass is 16.5. The van der Waals surface area contributed by atoms with E-state index in [9.17, 15) is 0 Å². The van der Waals surface area contributed by atoms with Crippen LogP contribution in [0.25, 0.3) is 0 Å². The van der Waals surface area contributed by atoms with Crippen molar-refractivity contribution in [1.29, 1.82) is 0 Å². The lowest BCUT2D eigenvalue weighted by Gasteiger charge is -2.24. The molecule has 78 valence electrons. The number of aliphatic hydroxyl groups is 1. The molecule has 2 N–H and O–H groups in total. The predicted octanol–water partition coefficient (Wildman–Crippen LogP) is 0.773. The second-order valence-electron chi connectivity index (χ2n) is 3.78.